The summed E-state index contributed by atoms with van der Waals surface area (Å²) in [5.41, 5.74) is 1.18. The average Bonchev–Trinajstić information content (AvgIpc) is 2.29. The number of ether oxygens (including phenoxy) is 1. The summed E-state index contributed by atoms with van der Waals surface area (Å²) in [5.74, 6) is 1.03. The molecule has 1 aliphatic heterocycles. The quantitative estimate of drug-likeness (QED) is 0.835. The molecule has 0 saturated carbocycles. The van der Waals surface area contributed by atoms with Crippen LogP contribution in [0, 0.1) is 6.92 Å². The van der Waals surface area contributed by atoms with Crippen LogP contribution in [0.1, 0.15) is 18.9 Å². The minimum absolute atomic E-state index is 0.337. The first-order valence-corrected chi connectivity index (χ1v) is 6.48. The number of morpholine rings is 1. The van der Waals surface area contributed by atoms with Gasteiger partial charge in [0.15, 0.2) is 0 Å². The minimum Gasteiger partial charge on any atom is -0.375 e. The van der Waals surface area contributed by atoms with Crippen molar-refractivity contribution < 1.29 is 4.74 Å². The lowest BCUT2D eigenvalue weighted by Gasteiger charge is -2.33. The predicted octanol–water partition coefficient (Wildman–Crippen LogP) is 2.77. The second-order valence-corrected chi connectivity index (χ2v) is 5.02. The topological polar surface area (TPSA) is 25.4 Å². The Morgan fingerprint density at radius 1 is 1.62 bits per heavy atom. The van der Waals surface area contributed by atoms with E-state index < -0.39 is 0 Å². The number of rotatable bonds is 2. The molecule has 16 heavy (non-hydrogen) atoms. The highest BCUT2D eigenvalue weighted by Crippen LogP contribution is 2.26. The van der Waals surface area contributed by atoms with Crippen LogP contribution < -0.4 is 4.90 Å². The lowest BCUT2D eigenvalue weighted by Crippen LogP contribution is -2.42. The number of aromatic nitrogens is 1. The van der Waals surface area contributed by atoms with Gasteiger partial charge in [-0.05, 0) is 40.9 Å². The lowest BCUT2D eigenvalue weighted by molar-refractivity contribution is 0.0381. The maximum atomic E-state index is 5.66. The molecule has 1 saturated heterocycles. The van der Waals surface area contributed by atoms with Crippen molar-refractivity contribution in [1.29, 1.82) is 0 Å². The van der Waals surface area contributed by atoms with Gasteiger partial charge >= 0.3 is 0 Å². The van der Waals surface area contributed by atoms with E-state index >= 15 is 0 Å². The molecular formula is C12H17BrN2O. The molecule has 2 rings (SSSR count). The van der Waals surface area contributed by atoms with Crippen molar-refractivity contribution in [3.05, 3.63) is 22.3 Å². The van der Waals surface area contributed by atoms with E-state index in [4.69, 9.17) is 4.74 Å². The Kier molecular flexibility index (Phi) is 3.82. The minimum atomic E-state index is 0.337. The number of pyridine rings is 1. The molecule has 1 aliphatic rings. The molecule has 1 aromatic rings. The monoisotopic (exact) mass is 284 g/mol. The van der Waals surface area contributed by atoms with E-state index in [0.717, 1.165) is 36.4 Å². The fourth-order valence-electron chi connectivity index (χ4n) is 1.92. The summed E-state index contributed by atoms with van der Waals surface area (Å²) in [6.07, 6.45) is 3.31. The lowest BCUT2D eigenvalue weighted by atomic mass is 10.2. The Balaban J connectivity index is 2.16. The van der Waals surface area contributed by atoms with Crippen LogP contribution in [-0.4, -0.2) is 30.8 Å². The molecule has 1 unspecified atom stereocenters. The first kappa shape index (κ1) is 11.9. The molecule has 1 aromatic heterocycles. The van der Waals surface area contributed by atoms with Gasteiger partial charge in [-0.3, -0.25) is 0 Å². The summed E-state index contributed by atoms with van der Waals surface area (Å²) in [5, 5.41) is 0. The highest BCUT2D eigenvalue weighted by Gasteiger charge is 2.21. The standard InChI is InChI=1S/C12H17BrN2O/c1-3-10-8-15(4-5-16-10)12-11(13)6-9(2)7-14-12/h6-7,10H,3-5,8H2,1-2H3. The number of aryl methyl sites for hydroxylation is 1. The van der Waals surface area contributed by atoms with Gasteiger partial charge < -0.3 is 9.64 Å². The molecule has 1 atom stereocenters. The van der Waals surface area contributed by atoms with Crippen molar-refractivity contribution in [2.45, 2.75) is 26.4 Å². The molecular weight excluding hydrogens is 268 g/mol. The summed E-state index contributed by atoms with van der Waals surface area (Å²) in [6.45, 7) is 6.86. The second-order valence-electron chi connectivity index (χ2n) is 4.17. The van der Waals surface area contributed by atoms with E-state index in [2.05, 4.69) is 45.7 Å². The van der Waals surface area contributed by atoms with Gasteiger partial charge in [-0.1, -0.05) is 6.92 Å². The number of nitrogens with zero attached hydrogens (tertiary/aromatic N) is 2. The summed E-state index contributed by atoms with van der Waals surface area (Å²) < 4.78 is 6.73. The van der Waals surface area contributed by atoms with Crippen molar-refractivity contribution in [2.24, 2.45) is 0 Å². The molecule has 2 heterocycles. The van der Waals surface area contributed by atoms with Crippen LogP contribution in [0.5, 0.6) is 0 Å². The Bertz CT molecular complexity index is 370. The largest absolute Gasteiger partial charge is 0.375 e. The van der Waals surface area contributed by atoms with E-state index in [1.54, 1.807) is 0 Å². The zero-order valence-corrected chi connectivity index (χ0v) is 11.3. The van der Waals surface area contributed by atoms with Crippen molar-refractivity contribution in [3.63, 3.8) is 0 Å². The van der Waals surface area contributed by atoms with Crippen LogP contribution in [0.3, 0.4) is 0 Å². The molecule has 0 aliphatic carbocycles. The predicted molar refractivity (Wildman–Crippen MR) is 68.9 cm³/mol. The van der Waals surface area contributed by atoms with Crippen molar-refractivity contribution >= 4 is 21.7 Å². The highest BCUT2D eigenvalue weighted by molar-refractivity contribution is 9.10. The molecule has 0 spiro atoms. The maximum Gasteiger partial charge on any atom is 0.143 e. The Hall–Kier alpha value is -0.610. The molecule has 0 N–H and O–H groups in total. The third-order valence-corrected chi connectivity index (χ3v) is 3.44. The molecule has 88 valence electrons. The van der Waals surface area contributed by atoms with Crippen LogP contribution in [0.15, 0.2) is 16.7 Å². The number of hydrogen-bond donors (Lipinski definition) is 0. The second kappa shape index (κ2) is 5.15. The van der Waals surface area contributed by atoms with Gasteiger partial charge in [0.25, 0.3) is 0 Å². The van der Waals surface area contributed by atoms with Crippen LogP contribution in [0.2, 0.25) is 0 Å². The van der Waals surface area contributed by atoms with E-state index in [0.29, 0.717) is 6.10 Å². The molecule has 0 bridgehead atoms. The third kappa shape index (κ3) is 2.55. The number of hydrogen-bond acceptors (Lipinski definition) is 3. The average molecular weight is 285 g/mol. The maximum absolute atomic E-state index is 5.66. The Labute approximate surface area is 105 Å². The van der Waals surface area contributed by atoms with E-state index in [9.17, 15) is 0 Å². The highest BCUT2D eigenvalue weighted by atomic mass is 79.9. The summed E-state index contributed by atoms with van der Waals surface area (Å²) >= 11 is 3.58. The first-order chi connectivity index (χ1) is 7.70. The van der Waals surface area contributed by atoms with Crippen molar-refractivity contribution in [3.8, 4) is 0 Å². The Morgan fingerprint density at radius 3 is 3.12 bits per heavy atom. The zero-order valence-electron chi connectivity index (χ0n) is 9.74. The van der Waals surface area contributed by atoms with Gasteiger partial charge in [-0.25, -0.2) is 4.98 Å². The molecule has 4 heteroatoms. The molecule has 1 fully saturated rings. The van der Waals surface area contributed by atoms with E-state index in [1.807, 2.05) is 6.20 Å². The molecule has 3 nitrogen and oxygen atoms in total. The van der Waals surface area contributed by atoms with Gasteiger partial charge in [-0.2, -0.15) is 0 Å². The fraction of sp³-hybridized carbons (Fsp3) is 0.583. The smallest absolute Gasteiger partial charge is 0.143 e. The molecule has 0 amide bonds. The van der Waals surface area contributed by atoms with Gasteiger partial charge in [0.05, 0.1) is 17.2 Å². The normalized spacial score (nSPS) is 21.2. The number of anilines is 1. The third-order valence-electron chi connectivity index (χ3n) is 2.85. The first-order valence-electron chi connectivity index (χ1n) is 5.69. The fourth-order valence-corrected chi connectivity index (χ4v) is 2.63. The van der Waals surface area contributed by atoms with Crippen LogP contribution >= 0.6 is 15.9 Å². The number of halogens is 1. The van der Waals surface area contributed by atoms with Crippen LogP contribution in [0.25, 0.3) is 0 Å². The van der Waals surface area contributed by atoms with Gasteiger partial charge in [0.2, 0.25) is 0 Å². The van der Waals surface area contributed by atoms with E-state index in [-0.39, 0.29) is 0 Å². The van der Waals surface area contributed by atoms with Crippen molar-refractivity contribution in [1.82, 2.24) is 4.98 Å². The van der Waals surface area contributed by atoms with Gasteiger partial charge in [0, 0.05) is 19.3 Å². The van der Waals surface area contributed by atoms with Crippen LogP contribution in [-0.2, 0) is 4.74 Å². The Morgan fingerprint density at radius 2 is 2.44 bits per heavy atom. The van der Waals surface area contributed by atoms with Crippen LogP contribution in [0.4, 0.5) is 5.82 Å². The molecule has 0 radical (unpaired) electrons. The van der Waals surface area contributed by atoms with Crippen molar-refractivity contribution in [2.75, 3.05) is 24.6 Å². The van der Waals surface area contributed by atoms with Gasteiger partial charge in [0.1, 0.15) is 5.82 Å². The van der Waals surface area contributed by atoms with Gasteiger partial charge in [-0.15, -0.1) is 0 Å². The summed E-state index contributed by atoms with van der Waals surface area (Å²) in [7, 11) is 0. The summed E-state index contributed by atoms with van der Waals surface area (Å²) in [6, 6.07) is 2.11. The molecule has 0 aromatic carbocycles. The SMILES string of the molecule is CCC1CN(c2ncc(C)cc2Br)CCO1. The van der Waals surface area contributed by atoms with E-state index in [1.165, 1.54) is 5.56 Å². The summed E-state index contributed by atoms with van der Waals surface area (Å²) in [4.78, 5) is 6.79. The zero-order chi connectivity index (χ0) is 11.5.